The Balaban J connectivity index is 2.27. The second kappa shape index (κ2) is 5.67. The van der Waals surface area contributed by atoms with E-state index in [2.05, 4.69) is 0 Å². The zero-order chi connectivity index (χ0) is 15.6. The molecule has 0 atom stereocenters. The Morgan fingerprint density at radius 2 is 1.90 bits per heavy atom. The second-order valence-electron chi connectivity index (χ2n) is 4.72. The van der Waals surface area contributed by atoms with Gasteiger partial charge in [0.05, 0.1) is 22.8 Å². The van der Waals surface area contributed by atoms with Gasteiger partial charge in [-0.2, -0.15) is 9.57 Å². The fraction of sp³-hybridized carbons (Fsp3) is 0.417. The fourth-order valence-corrected chi connectivity index (χ4v) is 3.09. The van der Waals surface area contributed by atoms with E-state index in [9.17, 15) is 18.5 Å². The van der Waals surface area contributed by atoms with Crippen molar-refractivity contribution in [3.63, 3.8) is 0 Å². The summed E-state index contributed by atoms with van der Waals surface area (Å²) in [7, 11) is -3.25. The van der Waals surface area contributed by atoms with Gasteiger partial charge in [0.2, 0.25) is 10.0 Å². The number of anilines is 1. The van der Waals surface area contributed by atoms with Crippen molar-refractivity contribution >= 4 is 21.4 Å². The van der Waals surface area contributed by atoms with Crippen molar-refractivity contribution in [3.8, 4) is 6.07 Å². The van der Waals surface area contributed by atoms with Gasteiger partial charge in [-0.05, 0) is 12.1 Å². The maximum Gasteiger partial charge on any atom is 0.292 e. The summed E-state index contributed by atoms with van der Waals surface area (Å²) >= 11 is 0. The van der Waals surface area contributed by atoms with Crippen molar-refractivity contribution in [2.75, 3.05) is 37.3 Å². The lowest BCUT2D eigenvalue weighted by Gasteiger charge is -2.34. The van der Waals surface area contributed by atoms with Gasteiger partial charge in [0, 0.05) is 32.2 Å². The average molecular weight is 310 g/mol. The first-order valence-electron chi connectivity index (χ1n) is 6.21. The van der Waals surface area contributed by atoms with Crippen LogP contribution in [0.5, 0.6) is 0 Å². The number of hydrogen-bond acceptors (Lipinski definition) is 6. The molecule has 1 aromatic carbocycles. The summed E-state index contributed by atoms with van der Waals surface area (Å²) < 4.78 is 24.3. The predicted molar refractivity (Wildman–Crippen MR) is 76.4 cm³/mol. The summed E-state index contributed by atoms with van der Waals surface area (Å²) in [5, 5.41) is 20.0. The molecule has 0 unspecified atom stereocenters. The van der Waals surface area contributed by atoms with Gasteiger partial charge in [-0.3, -0.25) is 10.1 Å². The Bertz CT molecular complexity index is 702. The van der Waals surface area contributed by atoms with Gasteiger partial charge >= 0.3 is 0 Å². The van der Waals surface area contributed by atoms with Gasteiger partial charge in [0.15, 0.2) is 0 Å². The van der Waals surface area contributed by atoms with E-state index < -0.39 is 14.9 Å². The Hall–Kier alpha value is -2.18. The van der Waals surface area contributed by atoms with Gasteiger partial charge in [-0.15, -0.1) is 0 Å². The topological polar surface area (TPSA) is 108 Å². The van der Waals surface area contributed by atoms with Gasteiger partial charge in [-0.1, -0.05) is 0 Å². The molecule has 0 saturated carbocycles. The van der Waals surface area contributed by atoms with Crippen LogP contribution in [0.2, 0.25) is 0 Å². The molecule has 0 radical (unpaired) electrons. The van der Waals surface area contributed by atoms with E-state index in [1.165, 1.54) is 22.5 Å². The molecule has 0 amide bonds. The van der Waals surface area contributed by atoms with Gasteiger partial charge in [0.25, 0.3) is 5.69 Å². The van der Waals surface area contributed by atoms with Crippen LogP contribution in [0.3, 0.4) is 0 Å². The number of hydrogen-bond donors (Lipinski definition) is 0. The van der Waals surface area contributed by atoms with Crippen LogP contribution >= 0.6 is 0 Å². The van der Waals surface area contributed by atoms with Crippen molar-refractivity contribution in [2.45, 2.75) is 0 Å². The zero-order valence-corrected chi connectivity index (χ0v) is 12.2. The molecule has 2 rings (SSSR count). The first kappa shape index (κ1) is 15.2. The molecule has 8 nitrogen and oxygen atoms in total. The summed E-state index contributed by atoms with van der Waals surface area (Å²) in [6.45, 7) is 1.24. The lowest BCUT2D eigenvalue weighted by Crippen LogP contribution is -2.48. The van der Waals surface area contributed by atoms with Crippen molar-refractivity contribution in [3.05, 3.63) is 33.9 Å². The molecule has 9 heteroatoms. The Morgan fingerprint density at radius 1 is 1.29 bits per heavy atom. The van der Waals surface area contributed by atoms with E-state index in [1.54, 1.807) is 4.90 Å². The van der Waals surface area contributed by atoms with Crippen molar-refractivity contribution in [1.29, 1.82) is 5.26 Å². The number of piperazine rings is 1. The summed E-state index contributed by atoms with van der Waals surface area (Å²) in [5.74, 6) is 0. The number of nitrogens with zero attached hydrogens (tertiary/aromatic N) is 4. The van der Waals surface area contributed by atoms with Crippen molar-refractivity contribution in [2.24, 2.45) is 0 Å². The quantitative estimate of drug-likeness (QED) is 0.596. The van der Waals surface area contributed by atoms with Crippen molar-refractivity contribution in [1.82, 2.24) is 4.31 Å². The molecule has 21 heavy (non-hydrogen) atoms. The Kier molecular flexibility index (Phi) is 4.11. The molecule has 0 aliphatic carbocycles. The second-order valence-corrected chi connectivity index (χ2v) is 6.70. The number of sulfonamides is 1. The smallest absolute Gasteiger partial charge is 0.292 e. The summed E-state index contributed by atoms with van der Waals surface area (Å²) in [5.41, 5.74) is 0.607. The van der Waals surface area contributed by atoms with Crippen LogP contribution in [0.1, 0.15) is 5.56 Å². The number of nitro groups is 1. The molecule has 0 aromatic heterocycles. The minimum Gasteiger partial charge on any atom is -0.363 e. The van der Waals surface area contributed by atoms with Crippen LogP contribution in [0.4, 0.5) is 11.4 Å². The van der Waals surface area contributed by atoms with E-state index in [-0.39, 0.29) is 18.8 Å². The molecule has 0 spiro atoms. The molecular formula is C12H14N4O4S. The third-order valence-corrected chi connectivity index (χ3v) is 4.65. The molecule has 0 bridgehead atoms. The van der Waals surface area contributed by atoms with Gasteiger partial charge < -0.3 is 4.90 Å². The third kappa shape index (κ3) is 3.29. The van der Waals surface area contributed by atoms with Crippen LogP contribution < -0.4 is 4.90 Å². The highest BCUT2D eigenvalue weighted by atomic mass is 32.2. The molecule has 1 aliphatic heterocycles. The highest BCUT2D eigenvalue weighted by Crippen LogP contribution is 2.30. The minimum atomic E-state index is -3.25. The highest BCUT2D eigenvalue weighted by Gasteiger charge is 2.27. The molecule has 1 aliphatic rings. The normalized spacial score (nSPS) is 16.5. The van der Waals surface area contributed by atoms with E-state index in [4.69, 9.17) is 5.26 Å². The summed E-state index contributed by atoms with van der Waals surface area (Å²) in [4.78, 5) is 12.3. The average Bonchev–Trinajstić information content (AvgIpc) is 2.45. The largest absolute Gasteiger partial charge is 0.363 e. The van der Waals surface area contributed by atoms with Crippen LogP contribution in [0.25, 0.3) is 0 Å². The van der Waals surface area contributed by atoms with Gasteiger partial charge in [-0.25, -0.2) is 8.42 Å². The molecule has 0 N–H and O–H groups in total. The lowest BCUT2D eigenvalue weighted by molar-refractivity contribution is -0.384. The maximum absolute atomic E-state index is 11.5. The van der Waals surface area contributed by atoms with Crippen LogP contribution in [0, 0.1) is 21.4 Å². The van der Waals surface area contributed by atoms with E-state index in [0.717, 1.165) is 6.26 Å². The molecule has 1 saturated heterocycles. The van der Waals surface area contributed by atoms with Crippen LogP contribution in [-0.2, 0) is 10.0 Å². The first-order chi connectivity index (χ1) is 9.82. The number of rotatable bonds is 3. The van der Waals surface area contributed by atoms with E-state index >= 15 is 0 Å². The molecule has 1 heterocycles. The lowest BCUT2D eigenvalue weighted by atomic mass is 10.1. The monoisotopic (exact) mass is 310 g/mol. The van der Waals surface area contributed by atoms with Gasteiger partial charge in [0.1, 0.15) is 5.69 Å². The number of nitro benzene ring substituents is 1. The zero-order valence-electron chi connectivity index (χ0n) is 11.4. The molecular weight excluding hydrogens is 296 g/mol. The molecule has 1 fully saturated rings. The van der Waals surface area contributed by atoms with Crippen molar-refractivity contribution < 1.29 is 13.3 Å². The van der Waals surface area contributed by atoms with E-state index in [1.807, 2.05) is 6.07 Å². The SMILES string of the molecule is CS(=O)(=O)N1CCN(c2cc(C#N)ccc2[N+](=O)[O-])CC1. The number of nitriles is 1. The van der Waals surface area contributed by atoms with Crippen LogP contribution in [0.15, 0.2) is 18.2 Å². The Labute approximate surface area is 122 Å². The number of benzene rings is 1. The first-order valence-corrected chi connectivity index (χ1v) is 8.06. The highest BCUT2D eigenvalue weighted by molar-refractivity contribution is 7.88. The standard InChI is InChI=1S/C12H14N4O4S/c1-21(19,20)15-6-4-14(5-7-15)12-8-10(9-13)2-3-11(12)16(17)18/h2-3,8H,4-7H2,1H3. The summed E-state index contributed by atoms with van der Waals surface area (Å²) in [6, 6.07) is 6.12. The molecule has 112 valence electrons. The maximum atomic E-state index is 11.5. The predicted octanol–water partition coefficient (Wildman–Crippen LogP) is 0.548. The van der Waals surface area contributed by atoms with E-state index in [0.29, 0.717) is 24.3 Å². The Morgan fingerprint density at radius 3 is 2.38 bits per heavy atom. The molecule has 1 aromatic rings. The van der Waals surface area contributed by atoms with Crippen LogP contribution in [-0.4, -0.2) is 50.1 Å². The third-order valence-electron chi connectivity index (χ3n) is 3.35. The summed E-state index contributed by atoms with van der Waals surface area (Å²) in [6.07, 6.45) is 1.14. The fourth-order valence-electron chi connectivity index (χ4n) is 2.26. The minimum absolute atomic E-state index is 0.0817.